The fraction of sp³-hybridized carbons (Fsp3) is 0.458. The molecular weight excluding hydrogens is 332 g/mol. The lowest BCUT2D eigenvalue weighted by molar-refractivity contribution is -0.133. The Hall–Kier alpha value is -2.29. The van der Waals surface area contributed by atoms with Crippen LogP contribution in [0.5, 0.6) is 0 Å². The van der Waals surface area contributed by atoms with Crippen molar-refractivity contribution in [2.45, 2.75) is 51.0 Å². The molecule has 0 aliphatic heterocycles. The summed E-state index contributed by atoms with van der Waals surface area (Å²) >= 11 is 0. The Morgan fingerprint density at radius 3 is 1.93 bits per heavy atom. The van der Waals surface area contributed by atoms with E-state index < -0.39 is 0 Å². The highest BCUT2D eigenvalue weighted by Crippen LogP contribution is 2.49. The van der Waals surface area contributed by atoms with Gasteiger partial charge in [0.15, 0.2) is 0 Å². The molecule has 2 aromatic carbocycles. The lowest BCUT2D eigenvalue weighted by atomic mass is 9.84. The first-order valence-corrected chi connectivity index (χ1v) is 9.76. The zero-order valence-electron chi connectivity index (χ0n) is 17.5. The van der Waals surface area contributed by atoms with Crippen molar-refractivity contribution in [3.63, 3.8) is 0 Å². The molecule has 0 spiro atoms. The minimum Gasteiger partial charge on any atom is -0.378 e. The van der Waals surface area contributed by atoms with Crippen LogP contribution in [0.3, 0.4) is 0 Å². The Balaban J connectivity index is 1.72. The van der Waals surface area contributed by atoms with E-state index >= 15 is 0 Å². The Labute approximate surface area is 164 Å². The second-order valence-electron chi connectivity index (χ2n) is 9.13. The van der Waals surface area contributed by atoms with Crippen LogP contribution >= 0.6 is 0 Å². The van der Waals surface area contributed by atoms with Crippen LogP contribution in [0.15, 0.2) is 48.5 Å². The SMILES string of the molecule is CN(Cc1ccc(N(C)C)cc1)C(=O)C1(c2ccc(C(C)(C)C)cc2)CC1. The van der Waals surface area contributed by atoms with Gasteiger partial charge in [-0.1, -0.05) is 57.2 Å². The minimum absolute atomic E-state index is 0.134. The van der Waals surface area contributed by atoms with Crippen LogP contribution < -0.4 is 4.90 Å². The summed E-state index contributed by atoms with van der Waals surface area (Å²) in [5, 5.41) is 0. The zero-order chi connectivity index (χ0) is 19.8. The molecule has 3 heteroatoms. The van der Waals surface area contributed by atoms with Crippen LogP contribution in [0, 0.1) is 0 Å². The van der Waals surface area contributed by atoms with Gasteiger partial charge in [-0.05, 0) is 47.1 Å². The van der Waals surface area contributed by atoms with Crippen molar-refractivity contribution in [1.29, 1.82) is 0 Å². The van der Waals surface area contributed by atoms with Gasteiger partial charge in [0, 0.05) is 33.4 Å². The molecule has 0 unspecified atom stereocenters. The normalized spacial score (nSPS) is 15.3. The number of rotatable bonds is 5. The number of amides is 1. The molecule has 1 fully saturated rings. The van der Waals surface area contributed by atoms with E-state index in [2.05, 4.69) is 74.2 Å². The number of hydrogen-bond donors (Lipinski definition) is 0. The first-order chi connectivity index (χ1) is 12.6. The predicted molar refractivity (Wildman–Crippen MR) is 113 cm³/mol. The maximum absolute atomic E-state index is 13.2. The lowest BCUT2D eigenvalue weighted by Gasteiger charge is -2.25. The number of carbonyl (C=O) groups excluding carboxylic acids is 1. The van der Waals surface area contributed by atoms with Gasteiger partial charge in [-0.3, -0.25) is 4.79 Å². The van der Waals surface area contributed by atoms with Crippen LogP contribution in [0.4, 0.5) is 5.69 Å². The highest BCUT2D eigenvalue weighted by atomic mass is 16.2. The molecule has 27 heavy (non-hydrogen) atoms. The van der Waals surface area contributed by atoms with E-state index in [4.69, 9.17) is 0 Å². The number of nitrogens with zero attached hydrogens (tertiary/aromatic N) is 2. The Bertz CT molecular complexity index is 794. The van der Waals surface area contributed by atoms with E-state index in [1.165, 1.54) is 11.3 Å². The number of benzene rings is 2. The average molecular weight is 365 g/mol. The number of anilines is 1. The molecule has 0 N–H and O–H groups in total. The third-order valence-electron chi connectivity index (χ3n) is 5.68. The third-order valence-corrected chi connectivity index (χ3v) is 5.68. The molecule has 0 saturated heterocycles. The van der Waals surface area contributed by atoms with Gasteiger partial charge in [0.05, 0.1) is 5.41 Å². The van der Waals surface area contributed by atoms with Crippen LogP contribution in [-0.4, -0.2) is 32.0 Å². The molecular formula is C24H32N2O. The number of likely N-dealkylation sites (N-methyl/N-ethyl adjacent to an activating group) is 1. The quantitative estimate of drug-likeness (QED) is 0.765. The van der Waals surface area contributed by atoms with Crippen LogP contribution in [0.25, 0.3) is 0 Å². The third kappa shape index (κ3) is 4.02. The van der Waals surface area contributed by atoms with Gasteiger partial charge in [0.1, 0.15) is 0 Å². The van der Waals surface area contributed by atoms with Crippen molar-refractivity contribution < 1.29 is 4.79 Å². The largest absolute Gasteiger partial charge is 0.378 e. The molecule has 1 aliphatic carbocycles. The summed E-state index contributed by atoms with van der Waals surface area (Å²) in [5.74, 6) is 0.239. The Kier molecular flexibility index (Phi) is 5.07. The van der Waals surface area contributed by atoms with Crippen LogP contribution in [-0.2, 0) is 22.2 Å². The number of carbonyl (C=O) groups is 1. The topological polar surface area (TPSA) is 23.6 Å². The van der Waals surface area contributed by atoms with Crippen molar-refractivity contribution in [3.05, 3.63) is 65.2 Å². The van der Waals surface area contributed by atoms with Gasteiger partial charge in [-0.15, -0.1) is 0 Å². The van der Waals surface area contributed by atoms with Crippen molar-refractivity contribution in [1.82, 2.24) is 4.90 Å². The van der Waals surface area contributed by atoms with E-state index in [1.807, 2.05) is 26.0 Å². The van der Waals surface area contributed by atoms with Crippen LogP contribution in [0.2, 0.25) is 0 Å². The summed E-state index contributed by atoms with van der Waals surface area (Å²) in [5.41, 5.74) is 4.63. The highest BCUT2D eigenvalue weighted by molar-refractivity contribution is 5.91. The summed E-state index contributed by atoms with van der Waals surface area (Å²) < 4.78 is 0. The molecule has 0 atom stereocenters. The standard InChI is InChI=1S/C24H32N2O/c1-23(2,3)19-9-11-20(12-10-19)24(15-16-24)22(27)26(6)17-18-7-13-21(14-8-18)25(4)5/h7-14H,15-17H2,1-6H3. The molecule has 144 valence electrons. The molecule has 2 aromatic rings. The van der Waals surface area contributed by atoms with Gasteiger partial charge in [-0.2, -0.15) is 0 Å². The first-order valence-electron chi connectivity index (χ1n) is 9.76. The summed E-state index contributed by atoms with van der Waals surface area (Å²) in [6.07, 6.45) is 1.90. The van der Waals surface area contributed by atoms with E-state index in [-0.39, 0.29) is 16.7 Å². The van der Waals surface area contributed by atoms with Crippen molar-refractivity contribution in [2.24, 2.45) is 0 Å². The van der Waals surface area contributed by atoms with E-state index in [9.17, 15) is 4.79 Å². The van der Waals surface area contributed by atoms with Gasteiger partial charge in [0.2, 0.25) is 5.91 Å². The van der Waals surface area contributed by atoms with Crippen molar-refractivity contribution in [2.75, 3.05) is 26.0 Å². The fourth-order valence-electron chi connectivity index (χ4n) is 3.65. The molecule has 1 saturated carbocycles. The van der Waals surface area contributed by atoms with Crippen molar-refractivity contribution in [3.8, 4) is 0 Å². The lowest BCUT2D eigenvalue weighted by Crippen LogP contribution is -2.36. The van der Waals surface area contributed by atoms with Crippen molar-refractivity contribution >= 4 is 11.6 Å². The maximum Gasteiger partial charge on any atom is 0.233 e. The molecule has 3 nitrogen and oxygen atoms in total. The second-order valence-corrected chi connectivity index (χ2v) is 9.13. The second kappa shape index (κ2) is 7.03. The average Bonchev–Trinajstić information content (AvgIpc) is 3.43. The molecule has 0 bridgehead atoms. The molecule has 1 amide bonds. The van der Waals surface area contributed by atoms with E-state index in [0.29, 0.717) is 6.54 Å². The molecule has 0 aromatic heterocycles. The van der Waals surface area contributed by atoms with Gasteiger partial charge < -0.3 is 9.80 Å². The first kappa shape index (κ1) is 19.5. The maximum atomic E-state index is 13.2. The molecule has 0 heterocycles. The van der Waals surface area contributed by atoms with Crippen LogP contribution in [0.1, 0.15) is 50.3 Å². The highest BCUT2D eigenvalue weighted by Gasteiger charge is 2.52. The monoisotopic (exact) mass is 364 g/mol. The smallest absolute Gasteiger partial charge is 0.233 e. The summed E-state index contributed by atoms with van der Waals surface area (Å²) in [7, 11) is 5.99. The Morgan fingerprint density at radius 2 is 1.48 bits per heavy atom. The van der Waals surface area contributed by atoms with Gasteiger partial charge in [-0.25, -0.2) is 0 Å². The molecule has 1 aliphatic rings. The predicted octanol–water partition coefficient (Wildman–Crippen LogP) is 4.74. The number of hydrogen-bond acceptors (Lipinski definition) is 2. The molecule has 0 radical (unpaired) electrons. The van der Waals surface area contributed by atoms with E-state index in [1.54, 1.807) is 0 Å². The molecule has 3 rings (SSSR count). The zero-order valence-corrected chi connectivity index (χ0v) is 17.5. The van der Waals surface area contributed by atoms with E-state index in [0.717, 1.165) is 24.0 Å². The minimum atomic E-state index is -0.311. The summed E-state index contributed by atoms with van der Waals surface area (Å²) in [4.78, 5) is 17.2. The van der Waals surface area contributed by atoms with Gasteiger partial charge >= 0.3 is 0 Å². The summed E-state index contributed by atoms with van der Waals surface area (Å²) in [6, 6.07) is 17.1. The fourth-order valence-corrected chi connectivity index (χ4v) is 3.65. The summed E-state index contributed by atoms with van der Waals surface area (Å²) in [6.45, 7) is 7.30. The Morgan fingerprint density at radius 1 is 0.926 bits per heavy atom. The van der Waals surface area contributed by atoms with Gasteiger partial charge in [0.25, 0.3) is 0 Å².